The molecular formula is C20H22N2O4S. The first-order chi connectivity index (χ1) is 13.1. The SMILES string of the molecule is COc1cc(NC(=O)CS[C@H]2CCc3ccccc3NC2=O)cc(OC)c1. The molecule has 2 aromatic carbocycles. The van der Waals surface area contributed by atoms with Crippen molar-refractivity contribution in [1.82, 2.24) is 0 Å². The van der Waals surface area contributed by atoms with Gasteiger partial charge in [-0.1, -0.05) is 18.2 Å². The molecule has 0 unspecified atom stereocenters. The molecular weight excluding hydrogens is 364 g/mol. The highest BCUT2D eigenvalue weighted by molar-refractivity contribution is 8.01. The van der Waals surface area contributed by atoms with E-state index in [0.717, 1.165) is 17.7 Å². The molecule has 0 radical (unpaired) electrons. The first kappa shape index (κ1) is 19.1. The number of anilines is 2. The van der Waals surface area contributed by atoms with Crippen LogP contribution < -0.4 is 20.1 Å². The van der Waals surface area contributed by atoms with Gasteiger partial charge in [0.15, 0.2) is 0 Å². The van der Waals surface area contributed by atoms with Crippen LogP contribution in [0.2, 0.25) is 0 Å². The molecule has 0 fully saturated rings. The van der Waals surface area contributed by atoms with Gasteiger partial charge in [0.2, 0.25) is 11.8 Å². The number of amides is 2. The number of hydrogen-bond acceptors (Lipinski definition) is 5. The van der Waals surface area contributed by atoms with E-state index in [0.29, 0.717) is 23.6 Å². The van der Waals surface area contributed by atoms with E-state index in [2.05, 4.69) is 10.6 Å². The van der Waals surface area contributed by atoms with Crippen LogP contribution in [0.15, 0.2) is 42.5 Å². The molecule has 2 amide bonds. The summed E-state index contributed by atoms with van der Waals surface area (Å²) in [4.78, 5) is 24.7. The number of carbonyl (C=O) groups is 2. The summed E-state index contributed by atoms with van der Waals surface area (Å²) in [6.45, 7) is 0. The number of benzene rings is 2. The standard InChI is InChI=1S/C20H22N2O4S/c1-25-15-9-14(10-16(11-15)26-2)21-19(23)12-27-18-8-7-13-5-3-4-6-17(13)22-20(18)24/h3-6,9-11,18H,7-8,12H2,1-2H3,(H,21,23)(H,22,24)/t18-/m0/s1. The molecule has 0 bridgehead atoms. The molecule has 1 aliphatic heterocycles. The van der Waals surface area contributed by atoms with Crippen LogP contribution in [0, 0.1) is 0 Å². The number of para-hydroxylation sites is 1. The minimum atomic E-state index is -0.261. The molecule has 2 aromatic rings. The quantitative estimate of drug-likeness (QED) is 0.796. The largest absolute Gasteiger partial charge is 0.497 e. The Morgan fingerprint density at radius 1 is 1.19 bits per heavy atom. The number of aryl methyl sites for hydroxylation is 1. The van der Waals surface area contributed by atoms with Crippen LogP contribution >= 0.6 is 11.8 Å². The maximum absolute atomic E-state index is 12.4. The summed E-state index contributed by atoms with van der Waals surface area (Å²) in [7, 11) is 3.11. The number of fused-ring (bicyclic) bond motifs is 1. The zero-order valence-corrected chi connectivity index (χ0v) is 16.1. The highest BCUT2D eigenvalue weighted by Gasteiger charge is 2.24. The summed E-state index contributed by atoms with van der Waals surface area (Å²) < 4.78 is 10.4. The maximum atomic E-state index is 12.4. The predicted octanol–water partition coefficient (Wildman–Crippen LogP) is 3.33. The predicted molar refractivity (Wildman–Crippen MR) is 108 cm³/mol. The van der Waals surface area contributed by atoms with Crippen molar-refractivity contribution in [1.29, 1.82) is 0 Å². The second-order valence-corrected chi connectivity index (χ2v) is 7.33. The molecule has 1 atom stereocenters. The van der Waals surface area contributed by atoms with E-state index in [-0.39, 0.29) is 22.8 Å². The van der Waals surface area contributed by atoms with E-state index >= 15 is 0 Å². The van der Waals surface area contributed by atoms with Crippen LogP contribution in [0.5, 0.6) is 11.5 Å². The third-order valence-electron chi connectivity index (χ3n) is 4.29. The molecule has 6 nitrogen and oxygen atoms in total. The third-order valence-corrected chi connectivity index (χ3v) is 5.58. The van der Waals surface area contributed by atoms with Crippen molar-refractivity contribution in [2.45, 2.75) is 18.1 Å². The number of carbonyl (C=O) groups excluding carboxylic acids is 2. The minimum absolute atomic E-state index is 0.0548. The number of ether oxygens (including phenoxy) is 2. The lowest BCUT2D eigenvalue weighted by Gasteiger charge is -2.13. The van der Waals surface area contributed by atoms with Gasteiger partial charge in [-0.2, -0.15) is 0 Å². The summed E-state index contributed by atoms with van der Waals surface area (Å²) in [5, 5.41) is 5.52. The van der Waals surface area contributed by atoms with Gasteiger partial charge in [0, 0.05) is 29.6 Å². The van der Waals surface area contributed by atoms with Gasteiger partial charge in [0.1, 0.15) is 11.5 Å². The lowest BCUT2D eigenvalue weighted by atomic mass is 10.1. The number of rotatable bonds is 6. The summed E-state index contributed by atoms with van der Waals surface area (Å²) in [6, 6.07) is 13.0. The second-order valence-electron chi connectivity index (χ2n) is 6.13. The average molecular weight is 386 g/mol. The van der Waals surface area contributed by atoms with Crippen molar-refractivity contribution < 1.29 is 19.1 Å². The van der Waals surface area contributed by atoms with Gasteiger partial charge in [-0.05, 0) is 24.5 Å². The van der Waals surface area contributed by atoms with Crippen molar-refractivity contribution >= 4 is 35.0 Å². The minimum Gasteiger partial charge on any atom is -0.497 e. The zero-order chi connectivity index (χ0) is 19.2. The van der Waals surface area contributed by atoms with Gasteiger partial charge in [-0.3, -0.25) is 9.59 Å². The van der Waals surface area contributed by atoms with Gasteiger partial charge in [0.25, 0.3) is 0 Å². The summed E-state index contributed by atoms with van der Waals surface area (Å²) in [6.07, 6.45) is 1.51. The number of thioether (sulfide) groups is 1. The average Bonchev–Trinajstić information content (AvgIpc) is 2.84. The van der Waals surface area contributed by atoms with Gasteiger partial charge in [-0.15, -0.1) is 11.8 Å². The second kappa shape index (κ2) is 8.81. The fourth-order valence-electron chi connectivity index (χ4n) is 2.90. The Kier molecular flexibility index (Phi) is 6.24. The van der Waals surface area contributed by atoms with Crippen LogP contribution in [0.25, 0.3) is 0 Å². The van der Waals surface area contributed by atoms with Crippen LogP contribution in [0.1, 0.15) is 12.0 Å². The topological polar surface area (TPSA) is 76.7 Å². The number of nitrogens with one attached hydrogen (secondary N) is 2. The Bertz CT molecular complexity index is 818. The Hall–Kier alpha value is -2.67. The summed E-state index contributed by atoms with van der Waals surface area (Å²) in [5.41, 5.74) is 2.58. The lowest BCUT2D eigenvalue weighted by Crippen LogP contribution is -2.26. The molecule has 0 saturated carbocycles. The molecule has 7 heteroatoms. The zero-order valence-electron chi connectivity index (χ0n) is 15.3. The fraction of sp³-hybridized carbons (Fsp3) is 0.300. The van der Waals surface area contributed by atoms with Crippen molar-refractivity contribution in [3.8, 4) is 11.5 Å². The highest BCUT2D eigenvalue weighted by atomic mass is 32.2. The Balaban J connectivity index is 1.57. The van der Waals surface area contributed by atoms with Crippen molar-refractivity contribution in [2.75, 3.05) is 30.6 Å². The maximum Gasteiger partial charge on any atom is 0.237 e. The Morgan fingerprint density at radius 3 is 2.59 bits per heavy atom. The van der Waals surface area contributed by atoms with Gasteiger partial charge < -0.3 is 20.1 Å². The van der Waals surface area contributed by atoms with E-state index < -0.39 is 0 Å². The van der Waals surface area contributed by atoms with Crippen LogP contribution in [0.4, 0.5) is 11.4 Å². The Labute approximate surface area is 162 Å². The molecule has 0 aromatic heterocycles. The third kappa shape index (κ3) is 4.95. The highest BCUT2D eigenvalue weighted by Crippen LogP contribution is 2.28. The van der Waals surface area contributed by atoms with E-state index in [4.69, 9.17) is 9.47 Å². The lowest BCUT2D eigenvalue weighted by molar-refractivity contribution is -0.115. The van der Waals surface area contributed by atoms with Gasteiger partial charge >= 0.3 is 0 Å². The number of methoxy groups -OCH3 is 2. The van der Waals surface area contributed by atoms with Gasteiger partial charge in [0.05, 0.1) is 25.2 Å². The van der Waals surface area contributed by atoms with Crippen molar-refractivity contribution in [2.24, 2.45) is 0 Å². The molecule has 3 rings (SSSR count). The molecule has 1 heterocycles. The molecule has 142 valence electrons. The van der Waals surface area contributed by atoms with Crippen LogP contribution in [-0.4, -0.2) is 37.0 Å². The fourth-order valence-corrected chi connectivity index (χ4v) is 3.82. The molecule has 0 saturated heterocycles. The normalized spacial score (nSPS) is 15.9. The monoisotopic (exact) mass is 386 g/mol. The molecule has 0 spiro atoms. The van der Waals surface area contributed by atoms with E-state index in [1.807, 2.05) is 24.3 Å². The van der Waals surface area contributed by atoms with Crippen molar-refractivity contribution in [3.05, 3.63) is 48.0 Å². The smallest absolute Gasteiger partial charge is 0.237 e. The summed E-state index contributed by atoms with van der Waals surface area (Å²) >= 11 is 1.35. The van der Waals surface area contributed by atoms with E-state index in [1.165, 1.54) is 11.8 Å². The number of hydrogen-bond donors (Lipinski definition) is 2. The van der Waals surface area contributed by atoms with E-state index in [9.17, 15) is 9.59 Å². The Morgan fingerprint density at radius 2 is 1.89 bits per heavy atom. The van der Waals surface area contributed by atoms with Crippen molar-refractivity contribution in [3.63, 3.8) is 0 Å². The first-order valence-electron chi connectivity index (χ1n) is 8.62. The molecule has 27 heavy (non-hydrogen) atoms. The first-order valence-corrected chi connectivity index (χ1v) is 9.67. The van der Waals surface area contributed by atoms with Gasteiger partial charge in [-0.25, -0.2) is 0 Å². The summed E-state index contributed by atoms with van der Waals surface area (Å²) in [5.74, 6) is 1.15. The molecule has 2 N–H and O–H groups in total. The molecule has 1 aliphatic rings. The molecule has 0 aliphatic carbocycles. The van der Waals surface area contributed by atoms with Crippen LogP contribution in [0.3, 0.4) is 0 Å². The van der Waals surface area contributed by atoms with E-state index in [1.54, 1.807) is 32.4 Å². The van der Waals surface area contributed by atoms with Crippen LogP contribution in [-0.2, 0) is 16.0 Å².